The molecule has 0 saturated carbocycles. The molecule has 0 spiro atoms. The van der Waals surface area contributed by atoms with Crippen LogP contribution in [0.3, 0.4) is 0 Å². The van der Waals surface area contributed by atoms with Gasteiger partial charge in [-0.05, 0) is 6.07 Å². The predicted octanol–water partition coefficient (Wildman–Crippen LogP) is 0.816. The van der Waals surface area contributed by atoms with Crippen molar-refractivity contribution < 1.29 is 33.6 Å². The van der Waals surface area contributed by atoms with Crippen LogP contribution in [0.25, 0.3) is 0 Å². The second kappa shape index (κ2) is 5.32. The van der Waals surface area contributed by atoms with Crippen molar-refractivity contribution in [2.75, 3.05) is 6.54 Å². The summed E-state index contributed by atoms with van der Waals surface area (Å²) < 4.78 is 35.9. The quantitative estimate of drug-likeness (QED) is 0.521. The second-order valence-electron chi connectivity index (χ2n) is 3.63. The molecule has 0 aliphatic heterocycles. The summed E-state index contributed by atoms with van der Waals surface area (Å²) in [5.41, 5.74) is 0.0969. The molecule has 0 aliphatic rings. The number of phenolic OH excluding ortho intramolecular Hbond substituents is 3. The number of rotatable bonds is 4. The molecule has 0 aromatic heterocycles. The maximum atomic E-state index is 12.0. The van der Waals surface area contributed by atoms with Gasteiger partial charge in [-0.1, -0.05) is 6.07 Å². The van der Waals surface area contributed by atoms with Crippen molar-refractivity contribution in [2.24, 2.45) is 0 Å². The monoisotopic (exact) mass is 267 g/mol. The van der Waals surface area contributed by atoms with E-state index >= 15 is 0 Å². The Balaban J connectivity index is 2.58. The lowest BCUT2D eigenvalue weighted by atomic mass is 10.1. The number of hydrogen-bond donors (Lipinski definition) is 5. The Morgan fingerprint density at radius 2 is 1.72 bits per heavy atom. The van der Waals surface area contributed by atoms with Gasteiger partial charge in [0.05, 0.1) is 0 Å². The minimum Gasteiger partial charge on any atom is -0.504 e. The fourth-order valence-electron chi connectivity index (χ4n) is 1.21. The van der Waals surface area contributed by atoms with Gasteiger partial charge in [-0.3, -0.25) is 0 Å². The molecule has 0 bridgehead atoms. The minimum atomic E-state index is -4.72. The molecule has 5 N–H and O–H groups in total. The van der Waals surface area contributed by atoms with Gasteiger partial charge >= 0.3 is 6.18 Å². The highest BCUT2D eigenvalue weighted by atomic mass is 19.4. The summed E-state index contributed by atoms with van der Waals surface area (Å²) in [5.74, 6) is -1.90. The summed E-state index contributed by atoms with van der Waals surface area (Å²) in [6.07, 6.45) is -7.23. The molecule has 1 aromatic rings. The van der Waals surface area contributed by atoms with Gasteiger partial charge in [0, 0.05) is 18.7 Å². The van der Waals surface area contributed by atoms with Crippen LogP contribution in [0.1, 0.15) is 5.56 Å². The number of benzene rings is 1. The Kier molecular flexibility index (Phi) is 4.25. The highest BCUT2D eigenvalue weighted by Gasteiger charge is 2.37. The van der Waals surface area contributed by atoms with Crippen LogP contribution >= 0.6 is 0 Å². The van der Waals surface area contributed by atoms with Crippen molar-refractivity contribution in [2.45, 2.75) is 18.8 Å². The Bertz CT molecular complexity index is 422. The number of phenols is 3. The Hall–Kier alpha value is -1.67. The number of aliphatic hydroxyl groups is 1. The van der Waals surface area contributed by atoms with Gasteiger partial charge in [0.15, 0.2) is 17.6 Å². The van der Waals surface area contributed by atoms with E-state index in [1.54, 1.807) is 0 Å². The summed E-state index contributed by atoms with van der Waals surface area (Å²) in [5, 5.41) is 38.5. The van der Waals surface area contributed by atoms with Crippen molar-refractivity contribution in [3.63, 3.8) is 0 Å². The van der Waals surface area contributed by atoms with E-state index in [9.17, 15) is 18.3 Å². The van der Waals surface area contributed by atoms with Crippen LogP contribution in [-0.4, -0.2) is 39.3 Å². The molecule has 5 nitrogen and oxygen atoms in total. The van der Waals surface area contributed by atoms with E-state index in [0.717, 1.165) is 6.07 Å². The molecule has 0 heterocycles. The van der Waals surface area contributed by atoms with Crippen molar-refractivity contribution in [3.05, 3.63) is 17.7 Å². The molecule has 1 rings (SSSR count). The van der Waals surface area contributed by atoms with Crippen molar-refractivity contribution in [1.29, 1.82) is 0 Å². The smallest absolute Gasteiger partial charge is 0.415 e. The summed E-state index contributed by atoms with van der Waals surface area (Å²) in [6, 6.07) is 2.32. The average Bonchev–Trinajstić information content (AvgIpc) is 2.27. The zero-order valence-electron chi connectivity index (χ0n) is 9.07. The number of aliphatic hydroxyl groups excluding tert-OH is 1. The lowest BCUT2D eigenvalue weighted by Gasteiger charge is -2.15. The third-order valence-corrected chi connectivity index (χ3v) is 2.24. The molecule has 102 valence electrons. The van der Waals surface area contributed by atoms with Gasteiger partial charge < -0.3 is 25.7 Å². The van der Waals surface area contributed by atoms with Gasteiger partial charge in [-0.2, -0.15) is 13.2 Å². The van der Waals surface area contributed by atoms with Crippen LogP contribution in [0.5, 0.6) is 17.2 Å². The molecule has 1 aromatic carbocycles. The molecule has 0 saturated heterocycles. The minimum absolute atomic E-state index is 0.0969. The SMILES string of the molecule is Oc1ccc(CNCC(O)C(F)(F)F)c(O)c1O. The van der Waals surface area contributed by atoms with E-state index in [4.69, 9.17) is 15.3 Å². The zero-order valence-corrected chi connectivity index (χ0v) is 9.07. The van der Waals surface area contributed by atoms with Gasteiger partial charge in [0.25, 0.3) is 0 Å². The number of alkyl halides is 3. The lowest BCUT2D eigenvalue weighted by Crippen LogP contribution is -2.38. The Morgan fingerprint density at radius 3 is 2.28 bits per heavy atom. The summed E-state index contributed by atoms with van der Waals surface area (Å²) >= 11 is 0. The van der Waals surface area contributed by atoms with Crippen molar-refractivity contribution in [1.82, 2.24) is 5.32 Å². The average molecular weight is 267 g/mol. The zero-order chi connectivity index (χ0) is 13.9. The van der Waals surface area contributed by atoms with Crippen LogP contribution in [0.15, 0.2) is 12.1 Å². The highest BCUT2D eigenvalue weighted by molar-refractivity contribution is 5.52. The Morgan fingerprint density at radius 1 is 1.11 bits per heavy atom. The molecule has 1 unspecified atom stereocenters. The van der Waals surface area contributed by atoms with Crippen LogP contribution in [0, 0.1) is 0 Å². The Labute approximate surface area is 100 Å². The molecule has 0 radical (unpaired) electrons. The topological polar surface area (TPSA) is 93.0 Å². The van der Waals surface area contributed by atoms with Crippen LogP contribution in [-0.2, 0) is 6.54 Å². The van der Waals surface area contributed by atoms with Gasteiger partial charge in [0.1, 0.15) is 0 Å². The van der Waals surface area contributed by atoms with E-state index in [-0.39, 0.29) is 12.1 Å². The summed E-state index contributed by atoms with van der Waals surface area (Å²) in [4.78, 5) is 0. The van der Waals surface area contributed by atoms with Crippen molar-refractivity contribution in [3.8, 4) is 17.2 Å². The molecule has 8 heteroatoms. The third-order valence-electron chi connectivity index (χ3n) is 2.24. The first-order chi connectivity index (χ1) is 8.23. The molecule has 18 heavy (non-hydrogen) atoms. The van der Waals surface area contributed by atoms with Gasteiger partial charge in [0.2, 0.25) is 5.75 Å². The molecule has 0 amide bonds. The third kappa shape index (κ3) is 3.41. The number of nitrogens with one attached hydrogen (secondary N) is 1. The highest BCUT2D eigenvalue weighted by Crippen LogP contribution is 2.36. The maximum absolute atomic E-state index is 12.0. The van der Waals surface area contributed by atoms with E-state index in [1.165, 1.54) is 6.07 Å². The molecular formula is C10H12F3NO4. The van der Waals surface area contributed by atoms with E-state index < -0.39 is 36.1 Å². The van der Waals surface area contributed by atoms with E-state index in [2.05, 4.69) is 5.32 Å². The predicted molar refractivity (Wildman–Crippen MR) is 55.2 cm³/mol. The summed E-state index contributed by atoms with van der Waals surface area (Å²) in [6.45, 7) is -0.947. The standard InChI is InChI=1S/C10H12F3NO4/c11-10(12,13)7(16)4-14-3-5-1-2-6(15)9(18)8(5)17/h1-2,7,14-18H,3-4H2. The first-order valence-electron chi connectivity index (χ1n) is 4.91. The number of halogens is 3. The fraction of sp³-hybridized carbons (Fsp3) is 0.400. The van der Waals surface area contributed by atoms with Crippen LogP contribution in [0.2, 0.25) is 0 Å². The molecule has 0 fully saturated rings. The number of hydrogen-bond acceptors (Lipinski definition) is 5. The molecule has 1 atom stereocenters. The van der Waals surface area contributed by atoms with Crippen molar-refractivity contribution >= 4 is 0 Å². The van der Waals surface area contributed by atoms with Gasteiger partial charge in [-0.25, -0.2) is 0 Å². The van der Waals surface area contributed by atoms with Crippen LogP contribution < -0.4 is 5.32 Å². The second-order valence-corrected chi connectivity index (χ2v) is 3.63. The first-order valence-corrected chi connectivity index (χ1v) is 4.91. The maximum Gasteiger partial charge on any atom is 0.415 e. The van der Waals surface area contributed by atoms with Crippen LogP contribution in [0.4, 0.5) is 13.2 Å². The molecular weight excluding hydrogens is 255 g/mol. The molecule has 0 aliphatic carbocycles. The normalized spacial score (nSPS) is 13.6. The first kappa shape index (κ1) is 14.4. The fourth-order valence-corrected chi connectivity index (χ4v) is 1.21. The number of aromatic hydroxyl groups is 3. The summed E-state index contributed by atoms with van der Waals surface area (Å²) in [7, 11) is 0. The van der Waals surface area contributed by atoms with Gasteiger partial charge in [-0.15, -0.1) is 0 Å². The van der Waals surface area contributed by atoms with E-state index in [0.29, 0.717) is 0 Å². The largest absolute Gasteiger partial charge is 0.504 e. The lowest BCUT2D eigenvalue weighted by molar-refractivity contribution is -0.201. The van der Waals surface area contributed by atoms with E-state index in [1.807, 2.05) is 0 Å².